The van der Waals surface area contributed by atoms with E-state index in [-0.39, 0.29) is 0 Å². The van der Waals surface area contributed by atoms with Gasteiger partial charge in [0.05, 0.1) is 16.7 Å². The molecule has 0 bridgehead atoms. The normalized spacial score (nSPS) is 13.5. The lowest BCUT2D eigenvalue weighted by atomic mass is 9.91. The van der Waals surface area contributed by atoms with Gasteiger partial charge in [0.1, 0.15) is 11.2 Å². The van der Waals surface area contributed by atoms with Crippen LogP contribution in [0.5, 0.6) is 0 Å². The summed E-state index contributed by atoms with van der Waals surface area (Å²) >= 11 is 0. The lowest BCUT2D eigenvalue weighted by Crippen LogP contribution is -1.96. The minimum absolute atomic E-state index is 0.915. The number of allylic oxidation sites excluding steroid dienone is 5. The van der Waals surface area contributed by atoms with Crippen LogP contribution in [0.1, 0.15) is 12.5 Å². The quantitative estimate of drug-likeness (QED) is 0.272. The van der Waals surface area contributed by atoms with Crippen molar-refractivity contribution in [2.75, 3.05) is 0 Å². The Morgan fingerprint density at radius 1 is 0.758 bits per heavy atom. The Morgan fingerprint density at radius 3 is 2.39 bits per heavy atom. The molecule has 6 aromatic rings. The highest BCUT2D eigenvalue weighted by Gasteiger charge is 2.27. The van der Waals surface area contributed by atoms with Gasteiger partial charge in [0, 0.05) is 38.2 Å². The van der Waals surface area contributed by atoms with Crippen molar-refractivity contribution in [2.45, 2.75) is 6.92 Å². The van der Waals surface area contributed by atoms with E-state index in [1.54, 1.807) is 0 Å². The molecular formula is C31H21NO. The SMILES string of the molecule is C=CC1=C(/C=C\C)c2ccc3c(oc4ccccc43)c2-c2cccc3c4ccccc4n1c23. The molecule has 0 amide bonds. The standard InChI is InChI=1S/C31H21NO/c1-3-10-19-22-17-18-24-21-12-6-8-16-28(21)33-31(24)29(22)25-14-9-13-23-20-11-5-7-15-27(20)32(30(23)25)26(19)4-2/h3-18H,2H2,1H3/b10-3-. The first-order valence-corrected chi connectivity index (χ1v) is 11.3. The van der Waals surface area contributed by atoms with Gasteiger partial charge in [-0.25, -0.2) is 0 Å². The summed E-state index contributed by atoms with van der Waals surface area (Å²) in [6.45, 7) is 6.30. The summed E-state index contributed by atoms with van der Waals surface area (Å²) < 4.78 is 8.91. The Labute approximate surface area is 191 Å². The second kappa shape index (κ2) is 6.60. The molecule has 33 heavy (non-hydrogen) atoms. The Kier molecular flexibility index (Phi) is 3.66. The van der Waals surface area contributed by atoms with Crippen molar-refractivity contribution < 1.29 is 4.42 Å². The van der Waals surface area contributed by atoms with E-state index in [1.165, 1.54) is 27.4 Å². The summed E-state index contributed by atoms with van der Waals surface area (Å²) in [5.41, 5.74) is 9.95. The van der Waals surface area contributed by atoms with Crippen molar-refractivity contribution in [3.05, 3.63) is 109 Å². The molecule has 4 aromatic carbocycles. The van der Waals surface area contributed by atoms with E-state index in [2.05, 4.69) is 97.0 Å². The number of aromatic nitrogens is 1. The average Bonchev–Trinajstić information content (AvgIpc) is 3.36. The third-order valence-electron chi connectivity index (χ3n) is 6.84. The topological polar surface area (TPSA) is 18.1 Å². The van der Waals surface area contributed by atoms with E-state index in [1.807, 2.05) is 18.2 Å². The van der Waals surface area contributed by atoms with E-state index >= 15 is 0 Å². The highest BCUT2D eigenvalue weighted by atomic mass is 16.3. The zero-order chi connectivity index (χ0) is 22.1. The number of hydrogen-bond acceptors (Lipinski definition) is 1. The summed E-state index contributed by atoms with van der Waals surface area (Å²) in [5, 5.41) is 4.77. The van der Waals surface area contributed by atoms with E-state index in [0.717, 1.165) is 44.3 Å². The summed E-state index contributed by atoms with van der Waals surface area (Å²) in [6, 6.07) is 28.0. The smallest absolute Gasteiger partial charge is 0.143 e. The highest BCUT2D eigenvalue weighted by molar-refractivity contribution is 6.22. The van der Waals surface area contributed by atoms with Crippen molar-refractivity contribution in [3.8, 4) is 11.1 Å². The number of benzene rings is 4. The van der Waals surface area contributed by atoms with Gasteiger partial charge in [0.25, 0.3) is 0 Å². The fourth-order valence-electron chi connectivity index (χ4n) is 5.55. The molecular weight excluding hydrogens is 402 g/mol. The maximum absolute atomic E-state index is 6.54. The van der Waals surface area contributed by atoms with Gasteiger partial charge in [-0.1, -0.05) is 79.4 Å². The molecule has 0 unspecified atom stereocenters. The zero-order valence-electron chi connectivity index (χ0n) is 18.3. The van der Waals surface area contributed by atoms with Gasteiger partial charge < -0.3 is 8.98 Å². The number of rotatable bonds is 2. The molecule has 7 rings (SSSR count). The van der Waals surface area contributed by atoms with Crippen molar-refractivity contribution in [3.63, 3.8) is 0 Å². The van der Waals surface area contributed by atoms with Crippen molar-refractivity contribution in [2.24, 2.45) is 0 Å². The van der Waals surface area contributed by atoms with Gasteiger partial charge in [-0.15, -0.1) is 0 Å². The van der Waals surface area contributed by atoms with Gasteiger partial charge in [-0.3, -0.25) is 0 Å². The molecule has 2 aromatic heterocycles. The van der Waals surface area contributed by atoms with Crippen LogP contribution in [0.2, 0.25) is 0 Å². The molecule has 1 aliphatic heterocycles. The first-order valence-electron chi connectivity index (χ1n) is 11.3. The number of nitrogens with zero attached hydrogens (tertiary/aromatic N) is 1. The minimum Gasteiger partial charge on any atom is -0.455 e. The van der Waals surface area contributed by atoms with Crippen LogP contribution in [0.4, 0.5) is 0 Å². The lowest BCUT2D eigenvalue weighted by molar-refractivity contribution is 0.670. The molecule has 2 nitrogen and oxygen atoms in total. The largest absolute Gasteiger partial charge is 0.455 e. The van der Waals surface area contributed by atoms with E-state index in [4.69, 9.17) is 4.42 Å². The van der Waals surface area contributed by atoms with Gasteiger partial charge in [0.2, 0.25) is 0 Å². The van der Waals surface area contributed by atoms with Gasteiger partial charge in [-0.05, 0) is 36.8 Å². The summed E-state index contributed by atoms with van der Waals surface area (Å²) in [6.07, 6.45) is 6.27. The molecule has 0 spiro atoms. The number of furan rings is 1. The molecule has 1 aliphatic rings. The Hall–Kier alpha value is -4.30. The summed E-state index contributed by atoms with van der Waals surface area (Å²) in [5.74, 6) is 0. The Balaban J connectivity index is 1.81. The minimum atomic E-state index is 0.915. The summed E-state index contributed by atoms with van der Waals surface area (Å²) in [7, 11) is 0. The first kappa shape index (κ1) is 18.3. The fourth-order valence-corrected chi connectivity index (χ4v) is 5.55. The third kappa shape index (κ3) is 2.27. The molecule has 0 radical (unpaired) electrons. The predicted octanol–water partition coefficient (Wildman–Crippen LogP) is 8.80. The first-order chi connectivity index (χ1) is 16.3. The van der Waals surface area contributed by atoms with Crippen LogP contribution in [0, 0.1) is 0 Å². The second-order valence-electron chi connectivity index (χ2n) is 8.52. The third-order valence-corrected chi connectivity index (χ3v) is 6.84. The molecule has 0 aliphatic carbocycles. The molecule has 0 atom stereocenters. The zero-order valence-corrected chi connectivity index (χ0v) is 18.3. The van der Waals surface area contributed by atoms with Crippen LogP contribution < -0.4 is 0 Å². The van der Waals surface area contributed by atoms with E-state index in [0.29, 0.717) is 0 Å². The van der Waals surface area contributed by atoms with Gasteiger partial charge >= 0.3 is 0 Å². The average molecular weight is 424 g/mol. The molecule has 0 saturated heterocycles. The van der Waals surface area contributed by atoms with Gasteiger partial charge in [-0.2, -0.15) is 0 Å². The maximum atomic E-state index is 6.54. The molecule has 156 valence electrons. The van der Waals surface area contributed by atoms with Crippen molar-refractivity contribution in [1.82, 2.24) is 4.57 Å². The van der Waals surface area contributed by atoms with Crippen molar-refractivity contribution >= 4 is 55.0 Å². The molecule has 2 heteroatoms. The predicted molar refractivity (Wildman–Crippen MR) is 140 cm³/mol. The van der Waals surface area contributed by atoms with Crippen LogP contribution >= 0.6 is 0 Å². The van der Waals surface area contributed by atoms with Gasteiger partial charge in [0.15, 0.2) is 0 Å². The number of hydrogen-bond donors (Lipinski definition) is 0. The van der Waals surface area contributed by atoms with Crippen molar-refractivity contribution in [1.29, 1.82) is 0 Å². The van der Waals surface area contributed by atoms with Crippen LogP contribution in [0.15, 0.2) is 108 Å². The summed E-state index contributed by atoms with van der Waals surface area (Å²) in [4.78, 5) is 0. The van der Waals surface area contributed by atoms with Crippen LogP contribution in [-0.4, -0.2) is 4.57 Å². The number of para-hydroxylation sites is 3. The maximum Gasteiger partial charge on any atom is 0.143 e. The van der Waals surface area contributed by atoms with E-state index in [9.17, 15) is 0 Å². The second-order valence-corrected chi connectivity index (χ2v) is 8.52. The molecule has 0 fully saturated rings. The molecule has 0 N–H and O–H groups in total. The van der Waals surface area contributed by atoms with Crippen LogP contribution in [0.25, 0.3) is 66.1 Å². The Morgan fingerprint density at radius 2 is 1.55 bits per heavy atom. The lowest BCUT2D eigenvalue weighted by Gasteiger charge is -2.13. The molecule has 0 saturated carbocycles. The fraction of sp³-hybridized carbons (Fsp3) is 0.0323. The Bertz CT molecular complexity index is 1840. The van der Waals surface area contributed by atoms with Crippen LogP contribution in [0.3, 0.4) is 0 Å². The highest BCUT2D eigenvalue weighted by Crippen LogP contribution is 2.48. The number of fused-ring (bicyclic) bond motifs is 9. The van der Waals surface area contributed by atoms with Crippen LogP contribution in [-0.2, 0) is 0 Å². The monoisotopic (exact) mass is 423 g/mol. The molecule has 3 heterocycles. The van der Waals surface area contributed by atoms with E-state index < -0.39 is 0 Å².